The highest BCUT2D eigenvalue weighted by atomic mass is 16.2. The van der Waals surface area contributed by atoms with E-state index >= 15 is 0 Å². The van der Waals surface area contributed by atoms with E-state index in [0.717, 1.165) is 0 Å². The lowest BCUT2D eigenvalue weighted by Gasteiger charge is -2.27. The van der Waals surface area contributed by atoms with Crippen LogP contribution in [0.1, 0.15) is 23.4 Å². The number of fused-ring (bicyclic) bond motifs is 2. The SMILES string of the molecule is O=C(CCc1nc2ccccc2[nH]c1=O)N1CCc2c(nc[nH]c2=O)C1. The molecule has 1 aromatic carbocycles. The molecule has 0 radical (unpaired) electrons. The number of H-pyrrole nitrogens is 2. The molecule has 1 aliphatic rings. The summed E-state index contributed by atoms with van der Waals surface area (Å²) < 4.78 is 0. The maximum atomic E-state index is 12.5. The average Bonchev–Trinajstić information content (AvgIpc) is 2.66. The summed E-state index contributed by atoms with van der Waals surface area (Å²) in [5.74, 6) is -0.0768. The lowest BCUT2D eigenvalue weighted by atomic mass is 10.1. The molecule has 0 unspecified atom stereocenters. The maximum absolute atomic E-state index is 12.5. The fourth-order valence-corrected chi connectivity index (χ4v) is 3.20. The van der Waals surface area contributed by atoms with Crippen LogP contribution in [-0.4, -0.2) is 37.3 Å². The number of aromatic nitrogens is 4. The van der Waals surface area contributed by atoms with Crippen molar-refractivity contribution in [1.82, 2.24) is 24.8 Å². The highest BCUT2D eigenvalue weighted by molar-refractivity contribution is 5.77. The molecule has 0 saturated carbocycles. The minimum Gasteiger partial charge on any atom is -0.336 e. The van der Waals surface area contributed by atoms with Gasteiger partial charge in [0.15, 0.2) is 0 Å². The Morgan fingerprint density at radius 1 is 1.19 bits per heavy atom. The van der Waals surface area contributed by atoms with Gasteiger partial charge < -0.3 is 14.9 Å². The number of amides is 1. The van der Waals surface area contributed by atoms with Crippen molar-refractivity contribution in [2.45, 2.75) is 25.8 Å². The standard InChI is InChI=1S/C18H17N5O3/c24-16(23-8-7-11-15(9-23)19-10-20-17(11)25)6-5-14-18(26)22-13-4-2-1-3-12(13)21-14/h1-4,10H,5-9H2,(H,22,26)(H,19,20,25). The molecule has 8 nitrogen and oxygen atoms in total. The van der Waals surface area contributed by atoms with Crippen LogP contribution in [0.25, 0.3) is 11.0 Å². The van der Waals surface area contributed by atoms with Crippen molar-refractivity contribution in [3.8, 4) is 0 Å². The summed E-state index contributed by atoms with van der Waals surface area (Å²) in [4.78, 5) is 51.9. The van der Waals surface area contributed by atoms with Crippen molar-refractivity contribution in [1.29, 1.82) is 0 Å². The second kappa shape index (κ2) is 6.55. The van der Waals surface area contributed by atoms with Gasteiger partial charge in [-0.15, -0.1) is 0 Å². The van der Waals surface area contributed by atoms with Crippen molar-refractivity contribution in [3.05, 3.63) is 68.3 Å². The summed E-state index contributed by atoms with van der Waals surface area (Å²) in [6.45, 7) is 0.793. The van der Waals surface area contributed by atoms with Gasteiger partial charge >= 0.3 is 0 Å². The summed E-state index contributed by atoms with van der Waals surface area (Å²) in [7, 11) is 0. The Labute approximate surface area is 147 Å². The third-order valence-electron chi connectivity index (χ3n) is 4.61. The number of aryl methyl sites for hydroxylation is 1. The molecule has 0 saturated heterocycles. The quantitative estimate of drug-likeness (QED) is 0.715. The minimum absolute atomic E-state index is 0.0768. The Morgan fingerprint density at radius 3 is 2.92 bits per heavy atom. The predicted molar refractivity (Wildman–Crippen MR) is 94.7 cm³/mol. The van der Waals surface area contributed by atoms with E-state index in [9.17, 15) is 14.4 Å². The first-order valence-corrected chi connectivity index (χ1v) is 8.43. The van der Waals surface area contributed by atoms with Gasteiger partial charge in [-0.2, -0.15) is 0 Å². The predicted octanol–water partition coefficient (Wildman–Crippen LogP) is 0.524. The number of hydrogen-bond acceptors (Lipinski definition) is 5. The first-order chi connectivity index (χ1) is 12.6. The summed E-state index contributed by atoms with van der Waals surface area (Å²) in [6.07, 6.45) is 2.30. The zero-order valence-corrected chi connectivity index (χ0v) is 14.0. The van der Waals surface area contributed by atoms with Gasteiger partial charge in [0.05, 0.1) is 29.6 Å². The van der Waals surface area contributed by atoms with E-state index in [1.807, 2.05) is 18.2 Å². The molecule has 0 atom stereocenters. The molecule has 1 amide bonds. The molecule has 0 aliphatic carbocycles. The third kappa shape index (κ3) is 3.01. The number of nitrogens with one attached hydrogen (secondary N) is 2. The summed E-state index contributed by atoms with van der Waals surface area (Å²) in [5, 5.41) is 0. The van der Waals surface area contributed by atoms with Gasteiger partial charge in [-0.1, -0.05) is 12.1 Å². The molecule has 2 N–H and O–H groups in total. The Kier molecular flexibility index (Phi) is 4.08. The molecule has 0 spiro atoms. The molecule has 4 rings (SSSR count). The number of aromatic amines is 2. The second-order valence-corrected chi connectivity index (χ2v) is 6.25. The Balaban J connectivity index is 1.47. The largest absolute Gasteiger partial charge is 0.336 e. The van der Waals surface area contributed by atoms with Crippen LogP contribution in [0.3, 0.4) is 0 Å². The number of carbonyl (C=O) groups is 1. The first-order valence-electron chi connectivity index (χ1n) is 8.43. The maximum Gasteiger partial charge on any atom is 0.270 e. The van der Waals surface area contributed by atoms with Crippen LogP contribution >= 0.6 is 0 Å². The first kappa shape index (κ1) is 16.2. The number of para-hydroxylation sites is 2. The number of hydrogen-bond donors (Lipinski definition) is 2. The van der Waals surface area contributed by atoms with Crippen LogP contribution in [0.5, 0.6) is 0 Å². The van der Waals surface area contributed by atoms with Gasteiger partial charge in [0.25, 0.3) is 11.1 Å². The lowest BCUT2D eigenvalue weighted by molar-refractivity contribution is -0.132. The van der Waals surface area contributed by atoms with E-state index in [4.69, 9.17) is 0 Å². The van der Waals surface area contributed by atoms with Gasteiger partial charge in [-0.25, -0.2) is 9.97 Å². The fraction of sp³-hybridized carbons (Fsp3) is 0.278. The summed E-state index contributed by atoms with van der Waals surface area (Å²) in [6, 6.07) is 7.29. The Hall–Kier alpha value is -3.29. The highest BCUT2D eigenvalue weighted by Gasteiger charge is 2.23. The van der Waals surface area contributed by atoms with Crippen LogP contribution in [0.15, 0.2) is 40.2 Å². The third-order valence-corrected chi connectivity index (χ3v) is 4.61. The van der Waals surface area contributed by atoms with E-state index in [-0.39, 0.29) is 29.9 Å². The second-order valence-electron chi connectivity index (χ2n) is 6.25. The summed E-state index contributed by atoms with van der Waals surface area (Å²) in [5.41, 5.74) is 2.59. The molecule has 132 valence electrons. The molecule has 0 fully saturated rings. The van der Waals surface area contributed by atoms with Crippen LogP contribution in [0.2, 0.25) is 0 Å². The van der Waals surface area contributed by atoms with E-state index in [0.29, 0.717) is 47.5 Å². The van der Waals surface area contributed by atoms with Crippen molar-refractivity contribution >= 4 is 16.9 Å². The van der Waals surface area contributed by atoms with Gasteiger partial charge in [-0.05, 0) is 18.6 Å². The molecule has 1 aliphatic heterocycles. The van der Waals surface area contributed by atoms with Crippen molar-refractivity contribution in [2.75, 3.05) is 6.54 Å². The number of nitrogens with zero attached hydrogens (tertiary/aromatic N) is 3. The van der Waals surface area contributed by atoms with Crippen LogP contribution < -0.4 is 11.1 Å². The minimum atomic E-state index is -0.270. The van der Waals surface area contributed by atoms with Crippen LogP contribution in [0, 0.1) is 0 Å². The molecule has 0 bridgehead atoms. The Morgan fingerprint density at radius 2 is 2.04 bits per heavy atom. The van der Waals surface area contributed by atoms with Crippen molar-refractivity contribution in [3.63, 3.8) is 0 Å². The van der Waals surface area contributed by atoms with E-state index in [1.54, 1.807) is 11.0 Å². The molecule has 3 aromatic rings. The van der Waals surface area contributed by atoms with Crippen LogP contribution in [-0.2, 0) is 24.2 Å². The van der Waals surface area contributed by atoms with E-state index in [2.05, 4.69) is 19.9 Å². The zero-order valence-electron chi connectivity index (χ0n) is 14.0. The topological polar surface area (TPSA) is 112 Å². The molecule has 26 heavy (non-hydrogen) atoms. The number of rotatable bonds is 3. The smallest absolute Gasteiger partial charge is 0.270 e. The van der Waals surface area contributed by atoms with Gasteiger partial charge in [0.2, 0.25) is 5.91 Å². The summed E-state index contributed by atoms with van der Waals surface area (Å²) >= 11 is 0. The number of carbonyl (C=O) groups excluding carboxylic acids is 1. The van der Waals surface area contributed by atoms with E-state index in [1.165, 1.54) is 6.33 Å². The molecule has 8 heteroatoms. The van der Waals surface area contributed by atoms with Crippen molar-refractivity contribution < 1.29 is 4.79 Å². The monoisotopic (exact) mass is 351 g/mol. The molecular formula is C18H17N5O3. The van der Waals surface area contributed by atoms with Gasteiger partial charge in [0.1, 0.15) is 5.69 Å². The number of benzene rings is 1. The molecular weight excluding hydrogens is 334 g/mol. The van der Waals surface area contributed by atoms with E-state index < -0.39 is 0 Å². The van der Waals surface area contributed by atoms with Crippen molar-refractivity contribution in [2.24, 2.45) is 0 Å². The zero-order chi connectivity index (χ0) is 18.1. The Bertz CT molecular complexity index is 1100. The van der Waals surface area contributed by atoms with Crippen LogP contribution in [0.4, 0.5) is 0 Å². The lowest BCUT2D eigenvalue weighted by Crippen LogP contribution is -2.39. The molecule has 3 heterocycles. The van der Waals surface area contributed by atoms with Gasteiger partial charge in [-0.3, -0.25) is 14.4 Å². The normalized spacial score (nSPS) is 13.6. The fourth-order valence-electron chi connectivity index (χ4n) is 3.20. The van der Waals surface area contributed by atoms with Gasteiger partial charge in [0, 0.05) is 24.9 Å². The average molecular weight is 351 g/mol. The molecule has 2 aromatic heterocycles. The highest BCUT2D eigenvalue weighted by Crippen LogP contribution is 2.14.